The van der Waals surface area contributed by atoms with Crippen molar-refractivity contribution < 1.29 is 103 Å². The molecule has 4 aromatic carbocycles. The van der Waals surface area contributed by atoms with Crippen molar-refractivity contribution in [2.24, 2.45) is 28.9 Å². The molecule has 9 aromatic rings. The lowest BCUT2D eigenvalue weighted by Crippen LogP contribution is -2.54. The summed E-state index contributed by atoms with van der Waals surface area (Å²) in [6.07, 6.45) is 0.320. The molecule has 40 nitrogen and oxygen atoms in total. The maximum absolute atomic E-state index is 15.9. The van der Waals surface area contributed by atoms with Crippen LogP contribution in [-0.2, 0) is 73.8 Å². The Hall–Kier alpha value is -15.7. The highest BCUT2D eigenvalue weighted by molar-refractivity contribution is 6.02. The first-order valence-electron chi connectivity index (χ1n) is 42.7. The number of phenols is 3. The number of amides is 7. The van der Waals surface area contributed by atoms with Crippen LogP contribution < -0.4 is 38.9 Å². The molecule has 14 N–H and O–H groups in total. The first-order valence-corrected chi connectivity index (χ1v) is 42.7. The number of anilines is 3. The van der Waals surface area contributed by atoms with Gasteiger partial charge in [-0.25, -0.2) is 49.5 Å². The van der Waals surface area contributed by atoms with Crippen molar-refractivity contribution in [2.45, 2.75) is 150 Å². The number of rotatable bonds is 30. The Kier molecular flexibility index (Phi) is 33.3. The molecule has 5 fully saturated rings. The average molecular weight is 1920 g/mol. The van der Waals surface area contributed by atoms with Crippen LogP contribution in [0.25, 0.3) is 17.8 Å². The number of hydrogen-bond acceptors (Lipinski definition) is 28. The van der Waals surface area contributed by atoms with Gasteiger partial charge in [0, 0.05) is 137 Å². The number of likely N-dealkylation sites (tertiary alicyclic amines) is 4. The van der Waals surface area contributed by atoms with Crippen molar-refractivity contribution in [3.63, 3.8) is 0 Å². The topological polar surface area (TPSA) is 575 Å². The number of methoxy groups -OCH3 is 3. The molecule has 5 aromatic heterocycles. The monoisotopic (exact) mass is 1920 g/mol. The SMILES string of the molecule is C=Cc1cc(F)c(CN2CCC(CC#N)(n3cc(C(N)=O)c(NC(=O)OC)n3)C(F)C2)cc1O.C=Cc1ccc(CN2CCC(CC#N)(n3cc(C(N)=O)c(NC(=O)OC)n3)C(F)C2)cc1O.COC(=O)Nc1nn(C2(CC#N)CCN(Cc3cc(C(F)F)ccc3F)CC2F)cc1C(N)=O.N#CCC1(n2cc(C(N)=O)c(CC(=O)C3CC3)n2)CCN(Cc2ccc(-n3nccn3)c(O)c2)CC1F. The molecule has 0 radical (unpaired) electrons. The van der Waals surface area contributed by atoms with Crippen LogP contribution in [0.1, 0.15) is 157 Å². The zero-order chi connectivity index (χ0) is 100. The molecule has 1 saturated carbocycles. The molecule has 7 amide bonds. The minimum Gasteiger partial charge on any atom is -0.507 e. The molecule has 728 valence electrons. The number of ketones is 1. The second-order valence-corrected chi connectivity index (χ2v) is 33.3. The third kappa shape index (κ3) is 23.3. The number of benzene rings is 4. The highest BCUT2D eigenvalue weighted by Crippen LogP contribution is 2.44. The van der Waals surface area contributed by atoms with E-state index in [1.165, 1.54) is 57.3 Å². The second-order valence-electron chi connectivity index (χ2n) is 33.3. The fraction of sp³-hybridized carbons (Fsp3) is 0.400. The van der Waals surface area contributed by atoms with Crippen molar-refractivity contribution in [2.75, 3.05) is 89.6 Å². The van der Waals surface area contributed by atoms with Crippen LogP contribution in [-0.4, -0.2) is 235 Å². The standard InChI is InChI=1S/C25H27FN8O3.C22H24F2N6O4.C22H25FN6O4.C21H22F4N6O3/c26-23-15-32(13-16-1-4-20(22(36)11-16)34-29-8-9-30-34)10-6-25(23,5-7-27)33-14-18(24(28)37)19(31-33)12-21(35)17-2-3-17;1-3-13-8-16(23)14(9-17(13)31)10-29-7-5-22(4-6-25,18(24)12-29)30-11-15(19(26)32)20(28-30)27-21(33)34-2;1-3-15-5-4-14(10-17(15)30)11-28-9-7-22(6-8-24,18(23)13-28)29-12-16(19(25)31)20(27-29)26-21(32)33-2;1-34-20(33)28-19-14(18(27)32)10-31(29-19)21(4-6-26)5-7-30(11-16(21)23)9-13-8-12(17(24)25)2-3-15(13)22/h1,4,8-9,11,14,17,23,36H,2-3,5-6,10,12-13,15H2,(H2,28,37);3,8-9,11,18,31H,1,4-5,7,10,12H2,2H3,(H2,26,32)(H,27,28,33);3-5,10,12,18,30H,1,6-7,9,11,13H2,2H3,(H2,25,31)(H,26,27,32);2-3,8,10,16-17H,4-5,7,9,11H2,1H3,(H2,27,32)(H,28,29,33). The third-order valence-corrected chi connectivity index (χ3v) is 24.7. The summed E-state index contributed by atoms with van der Waals surface area (Å²) in [5, 5.41) is 99.9. The fourth-order valence-corrected chi connectivity index (χ4v) is 16.8. The first kappa shape index (κ1) is 103. The summed E-state index contributed by atoms with van der Waals surface area (Å²) >= 11 is 0. The fourth-order valence-electron chi connectivity index (χ4n) is 16.8. The zero-order valence-electron chi connectivity index (χ0n) is 74.8. The van der Waals surface area contributed by atoms with Gasteiger partial charge in [-0.05, 0) is 92.1 Å². The normalized spacial score (nSPS) is 20.9. The molecule has 4 aliphatic heterocycles. The lowest BCUT2D eigenvalue weighted by Gasteiger charge is -2.43. The molecule has 0 spiro atoms. The molecule has 0 bridgehead atoms. The van der Waals surface area contributed by atoms with Crippen LogP contribution in [0.4, 0.5) is 67.0 Å². The van der Waals surface area contributed by atoms with Crippen molar-refractivity contribution in [3.8, 4) is 47.2 Å². The minimum atomic E-state index is -2.77. The van der Waals surface area contributed by atoms with Crippen LogP contribution in [0.3, 0.4) is 0 Å². The highest BCUT2D eigenvalue weighted by Gasteiger charge is 2.52. The molecule has 14 rings (SSSR count). The van der Waals surface area contributed by atoms with E-state index in [1.54, 1.807) is 40.1 Å². The number of phenolic OH excluding ortho intramolecular Hbond substituents is 3. The number of aromatic hydroxyl groups is 3. The number of aromatic nitrogens is 11. The van der Waals surface area contributed by atoms with E-state index in [0.717, 1.165) is 85.1 Å². The number of Topliss-reactive ketones (excluding diaryl/α,β-unsaturated/α-hetero) is 1. The summed E-state index contributed by atoms with van der Waals surface area (Å²) < 4.78 is 136. The number of primary amides is 4. The quantitative estimate of drug-likeness (QED) is 0.0148. The molecular weight excluding hydrogens is 1820 g/mol. The Morgan fingerprint density at radius 1 is 0.486 bits per heavy atom. The zero-order valence-corrected chi connectivity index (χ0v) is 74.8. The van der Waals surface area contributed by atoms with Gasteiger partial charge in [0.1, 0.15) is 104 Å². The van der Waals surface area contributed by atoms with Crippen molar-refractivity contribution in [1.82, 2.24) is 73.7 Å². The summed E-state index contributed by atoms with van der Waals surface area (Å²) in [4.78, 5) is 103. The first-order chi connectivity index (χ1) is 65.8. The number of nitrogens with one attached hydrogen (secondary N) is 3. The van der Waals surface area contributed by atoms with Gasteiger partial charge in [0.2, 0.25) is 0 Å². The van der Waals surface area contributed by atoms with Crippen LogP contribution >= 0.6 is 0 Å². The summed E-state index contributed by atoms with van der Waals surface area (Å²) in [5.74, 6) is -5.40. The van der Waals surface area contributed by atoms with E-state index in [2.05, 4.69) is 80.0 Å². The van der Waals surface area contributed by atoms with Gasteiger partial charge in [0.05, 0.1) is 101 Å². The summed E-state index contributed by atoms with van der Waals surface area (Å²) in [6, 6.07) is 23.7. The number of ether oxygens (including phenoxy) is 3. The van der Waals surface area contributed by atoms with Crippen molar-refractivity contribution in [3.05, 3.63) is 196 Å². The molecule has 48 heteroatoms. The Morgan fingerprint density at radius 2 is 0.848 bits per heavy atom. The van der Waals surface area contributed by atoms with Gasteiger partial charge in [-0.15, -0.1) is 4.80 Å². The summed E-state index contributed by atoms with van der Waals surface area (Å²) in [5.41, 5.74) is 18.6. The Bertz CT molecular complexity index is 6220. The van der Waals surface area contributed by atoms with Gasteiger partial charge >= 0.3 is 18.3 Å². The maximum Gasteiger partial charge on any atom is 0.412 e. The Labute approximate surface area is 783 Å². The average Bonchev–Trinajstić information content (AvgIpc) is 1.56. The molecule has 8 unspecified atom stereocenters. The smallest absolute Gasteiger partial charge is 0.412 e. The number of nitrogens with zero attached hydrogens (tertiary/aromatic N) is 19. The van der Waals surface area contributed by atoms with E-state index in [-0.39, 0.29) is 207 Å². The van der Waals surface area contributed by atoms with E-state index >= 15 is 17.6 Å². The number of nitriles is 4. The van der Waals surface area contributed by atoms with E-state index < -0.39 is 107 Å². The van der Waals surface area contributed by atoms with Gasteiger partial charge in [-0.2, -0.15) is 51.6 Å². The molecular formula is C90H98F8N26O14. The lowest BCUT2D eigenvalue weighted by atomic mass is 9.83. The number of carbonyl (C=O) groups is 8. The van der Waals surface area contributed by atoms with Crippen LogP contribution in [0, 0.1) is 62.9 Å². The largest absolute Gasteiger partial charge is 0.507 e. The Balaban J connectivity index is 0.000000177. The predicted octanol–water partition coefficient (Wildman–Crippen LogP) is 9.60. The van der Waals surface area contributed by atoms with Crippen molar-refractivity contribution >= 4 is 77.3 Å². The van der Waals surface area contributed by atoms with Crippen LogP contribution in [0.15, 0.2) is 117 Å². The van der Waals surface area contributed by atoms with Gasteiger partial charge in [-0.3, -0.25) is 78.2 Å². The van der Waals surface area contributed by atoms with Gasteiger partial charge in [0.15, 0.2) is 17.5 Å². The molecule has 5 aliphatic rings. The molecule has 4 saturated heterocycles. The second kappa shape index (κ2) is 44.7. The number of piperidine rings is 4. The maximum atomic E-state index is 15.9. The molecule has 8 atom stereocenters. The van der Waals surface area contributed by atoms with E-state index in [9.17, 15) is 92.3 Å². The predicted molar refractivity (Wildman–Crippen MR) is 475 cm³/mol. The number of nitrogens with two attached hydrogens (primary N) is 4. The summed E-state index contributed by atoms with van der Waals surface area (Å²) in [6.45, 7) is 8.74. The summed E-state index contributed by atoms with van der Waals surface area (Å²) in [7, 11) is 3.36. The van der Waals surface area contributed by atoms with E-state index in [1.807, 2.05) is 40.1 Å². The number of halogens is 8. The van der Waals surface area contributed by atoms with Crippen molar-refractivity contribution in [1.29, 1.82) is 21.0 Å². The molecule has 1 aliphatic carbocycles. The Morgan fingerprint density at radius 3 is 1.20 bits per heavy atom. The van der Waals surface area contributed by atoms with Crippen LogP contribution in [0.2, 0.25) is 0 Å². The van der Waals surface area contributed by atoms with E-state index in [4.69, 9.17) is 22.9 Å². The molecule has 9 heterocycles. The minimum absolute atomic E-state index is 0.00236. The lowest BCUT2D eigenvalue weighted by molar-refractivity contribution is -0.119. The van der Waals surface area contributed by atoms with Crippen LogP contribution in [0.5, 0.6) is 17.2 Å². The highest BCUT2D eigenvalue weighted by atomic mass is 19.3. The number of hydrogen-bond donors (Lipinski definition) is 10. The van der Waals surface area contributed by atoms with Gasteiger partial charge in [-0.1, -0.05) is 49.6 Å². The van der Waals surface area contributed by atoms with E-state index in [0.29, 0.717) is 37.4 Å². The van der Waals surface area contributed by atoms with Gasteiger partial charge < -0.3 is 52.5 Å². The third-order valence-electron chi connectivity index (χ3n) is 24.7. The van der Waals surface area contributed by atoms with Gasteiger partial charge in [0.25, 0.3) is 30.1 Å². The molecule has 138 heavy (non-hydrogen) atoms. The number of alkyl halides is 6. The number of carbonyl (C=O) groups excluding carboxylic acids is 8.